The Bertz CT molecular complexity index is 985. The molecule has 0 atom stereocenters. The molecular formula is C21H20F2N4O2. The Morgan fingerprint density at radius 2 is 1.86 bits per heavy atom. The minimum absolute atomic E-state index is 0.0350. The van der Waals surface area contributed by atoms with Crippen LogP contribution >= 0.6 is 0 Å². The van der Waals surface area contributed by atoms with Crippen molar-refractivity contribution in [2.75, 3.05) is 18.0 Å². The molecule has 150 valence electrons. The topological polar surface area (TPSA) is 71.3 Å². The van der Waals surface area contributed by atoms with Crippen molar-refractivity contribution in [3.63, 3.8) is 0 Å². The molecule has 0 unspecified atom stereocenters. The van der Waals surface area contributed by atoms with Crippen molar-refractivity contribution in [3.05, 3.63) is 65.7 Å². The standard InChI is InChI=1S/C21H20F2N4O2/c22-17-6-7-18(23)16(12-17)13-24-19(28)14-8-10-27(11-9-14)21-26-25-20(29-21)15-4-2-1-3-5-15/h1-7,12,14H,8-11,13H2,(H,24,28). The molecule has 1 aliphatic rings. The number of nitrogens with zero attached hydrogens (tertiary/aromatic N) is 3. The van der Waals surface area contributed by atoms with Crippen molar-refractivity contribution < 1.29 is 18.0 Å². The number of amides is 1. The zero-order valence-corrected chi connectivity index (χ0v) is 15.6. The van der Waals surface area contributed by atoms with Gasteiger partial charge in [0.25, 0.3) is 0 Å². The smallest absolute Gasteiger partial charge is 0.318 e. The van der Waals surface area contributed by atoms with E-state index in [9.17, 15) is 13.6 Å². The first-order valence-electron chi connectivity index (χ1n) is 9.45. The molecule has 29 heavy (non-hydrogen) atoms. The first kappa shape index (κ1) is 19.0. The van der Waals surface area contributed by atoms with Crippen LogP contribution in [0.5, 0.6) is 0 Å². The van der Waals surface area contributed by atoms with E-state index in [1.54, 1.807) is 0 Å². The Morgan fingerprint density at radius 3 is 2.62 bits per heavy atom. The summed E-state index contributed by atoms with van der Waals surface area (Å²) in [6.07, 6.45) is 1.22. The summed E-state index contributed by atoms with van der Waals surface area (Å²) < 4.78 is 32.7. The van der Waals surface area contributed by atoms with E-state index in [-0.39, 0.29) is 23.9 Å². The van der Waals surface area contributed by atoms with Gasteiger partial charge in [-0.1, -0.05) is 23.3 Å². The number of hydrogen-bond acceptors (Lipinski definition) is 5. The van der Waals surface area contributed by atoms with Crippen LogP contribution in [-0.4, -0.2) is 29.2 Å². The van der Waals surface area contributed by atoms with Crippen LogP contribution in [0.4, 0.5) is 14.8 Å². The zero-order chi connectivity index (χ0) is 20.2. The number of rotatable bonds is 5. The number of benzene rings is 2. The van der Waals surface area contributed by atoms with Crippen LogP contribution in [0.25, 0.3) is 11.5 Å². The number of hydrogen-bond donors (Lipinski definition) is 1. The lowest BCUT2D eigenvalue weighted by atomic mass is 9.96. The average molecular weight is 398 g/mol. The second-order valence-electron chi connectivity index (χ2n) is 6.97. The predicted octanol–water partition coefficient (Wildman–Crippen LogP) is 3.55. The molecule has 0 bridgehead atoms. The molecule has 0 saturated carbocycles. The van der Waals surface area contributed by atoms with Crippen molar-refractivity contribution in [3.8, 4) is 11.5 Å². The van der Waals surface area contributed by atoms with Gasteiger partial charge in [-0.05, 0) is 43.2 Å². The molecule has 2 heterocycles. The van der Waals surface area contributed by atoms with Crippen LogP contribution in [0.15, 0.2) is 52.9 Å². The van der Waals surface area contributed by atoms with E-state index in [4.69, 9.17) is 4.42 Å². The lowest BCUT2D eigenvalue weighted by Gasteiger charge is -2.29. The van der Waals surface area contributed by atoms with E-state index in [1.807, 2.05) is 35.2 Å². The predicted molar refractivity (Wildman–Crippen MR) is 103 cm³/mol. The van der Waals surface area contributed by atoms with Gasteiger partial charge >= 0.3 is 6.01 Å². The van der Waals surface area contributed by atoms with Gasteiger partial charge in [0, 0.05) is 36.7 Å². The molecule has 0 spiro atoms. The van der Waals surface area contributed by atoms with Gasteiger partial charge in [-0.15, -0.1) is 5.10 Å². The maximum Gasteiger partial charge on any atom is 0.318 e. The molecule has 1 saturated heterocycles. The molecule has 1 aromatic heterocycles. The number of piperidine rings is 1. The molecule has 2 aromatic carbocycles. The maximum absolute atomic E-state index is 13.7. The van der Waals surface area contributed by atoms with Crippen LogP contribution < -0.4 is 10.2 Å². The van der Waals surface area contributed by atoms with E-state index < -0.39 is 11.6 Å². The zero-order valence-electron chi connectivity index (χ0n) is 15.6. The van der Waals surface area contributed by atoms with Crippen LogP contribution in [-0.2, 0) is 11.3 Å². The van der Waals surface area contributed by atoms with Gasteiger partial charge in [0.15, 0.2) is 0 Å². The molecule has 6 nitrogen and oxygen atoms in total. The summed E-state index contributed by atoms with van der Waals surface area (Å²) in [4.78, 5) is 14.4. The second-order valence-corrected chi connectivity index (χ2v) is 6.97. The highest BCUT2D eigenvalue weighted by atomic mass is 19.1. The van der Waals surface area contributed by atoms with Crippen LogP contribution in [0.2, 0.25) is 0 Å². The normalized spacial score (nSPS) is 14.8. The van der Waals surface area contributed by atoms with E-state index in [0.29, 0.717) is 37.8 Å². The Balaban J connectivity index is 1.31. The summed E-state index contributed by atoms with van der Waals surface area (Å²) >= 11 is 0. The van der Waals surface area contributed by atoms with Gasteiger partial charge in [-0.25, -0.2) is 8.78 Å². The van der Waals surface area contributed by atoms with Crippen molar-refractivity contribution >= 4 is 11.9 Å². The van der Waals surface area contributed by atoms with E-state index in [1.165, 1.54) is 0 Å². The molecule has 1 aliphatic heterocycles. The number of carbonyl (C=O) groups excluding carboxylic acids is 1. The lowest BCUT2D eigenvalue weighted by Crippen LogP contribution is -2.40. The third kappa shape index (κ3) is 4.42. The number of nitrogens with one attached hydrogen (secondary N) is 1. The molecule has 0 radical (unpaired) electrons. The van der Waals surface area contributed by atoms with E-state index >= 15 is 0 Å². The Kier molecular flexibility index (Phi) is 5.50. The summed E-state index contributed by atoms with van der Waals surface area (Å²) in [6.45, 7) is 1.17. The summed E-state index contributed by atoms with van der Waals surface area (Å²) in [5, 5.41) is 10.9. The summed E-state index contributed by atoms with van der Waals surface area (Å²) in [6, 6.07) is 13.2. The third-order valence-electron chi connectivity index (χ3n) is 5.03. The number of carbonyl (C=O) groups is 1. The molecule has 1 fully saturated rings. The van der Waals surface area contributed by atoms with E-state index in [0.717, 1.165) is 23.8 Å². The molecule has 1 amide bonds. The Morgan fingerprint density at radius 1 is 1.10 bits per heavy atom. The SMILES string of the molecule is O=C(NCc1cc(F)ccc1F)C1CCN(c2nnc(-c3ccccc3)o2)CC1. The number of anilines is 1. The summed E-state index contributed by atoms with van der Waals surface area (Å²) in [5.41, 5.74) is 0.986. The molecule has 0 aliphatic carbocycles. The molecule has 4 rings (SSSR count). The Labute approximate surface area is 166 Å². The molecule has 1 N–H and O–H groups in total. The third-order valence-corrected chi connectivity index (χ3v) is 5.03. The minimum atomic E-state index is -0.535. The van der Waals surface area contributed by atoms with E-state index in [2.05, 4.69) is 15.5 Å². The molecular weight excluding hydrogens is 378 g/mol. The van der Waals surface area contributed by atoms with Crippen LogP contribution in [0.3, 0.4) is 0 Å². The first-order valence-corrected chi connectivity index (χ1v) is 9.45. The highest BCUT2D eigenvalue weighted by Crippen LogP contribution is 2.26. The van der Waals surface area contributed by atoms with Gasteiger partial charge in [0.2, 0.25) is 11.8 Å². The summed E-state index contributed by atoms with van der Waals surface area (Å²) in [7, 11) is 0. The Hall–Kier alpha value is -3.29. The second kappa shape index (κ2) is 8.38. The highest BCUT2D eigenvalue weighted by Gasteiger charge is 2.27. The first-order chi connectivity index (χ1) is 14.1. The van der Waals surface area contributed by atoms with Gasteiger partial charge < -0.3 is 14.6 Å². The molecule has 8 heteroatoms. The fraction of sp³-hybridized carbons (Fsp3) is 0.286. The number of halogens is 2. The van der Waals surface area contributed by atoms with Crippen molar-refractivity contribution in [2.45, 2.75) is 19.4 Å². The van der Waals surface area contributed by atoms with Gasteiger partial charge in [-0.3, -0.25) is 4.79 Å². The average Bonchev–Trinajstić information content (AvgIpc) is 3.25. The summed E-state index contributed by atoms with van der Waals surface area (Å²) in [5.74, 6) is -0.966. The van der Waals surface area contributed by atoms with Crippen molar-refractivity contribution in [1.29, 1.82) is 0 Å². The quantitative estimate of drug-likeness (QED) is 0.712. The van der Waals surface area contributed by atoms with Crippen molar-refractivity contribution in [1.82, 2.24) is 15.5 Å². The number of aromatic nitrogens is 2. The van der Waals surface area contributed by atoms with Crippen LogP contribution in [0.1, 0.15) is 18.4 Å². The minimum Gasteiger partial charge on any atom is -0.403 e. The van der Waals surface area contributed by atoms with Crippen LogP contribution in [0, 0.1) is 17.6 Å². The fourth-order valence-electron chi connectivity index (χ4n) is 3.38. The monoisotopic (exact) mass is 398 g/mol. The maximum atomic E-state index is 13.7. The van der Waals surface area contributed by atoms with Gasteiger partial charge in [0.05, 0.1) is 0 Å². The van der Waals surface area contributed by atoms with Crippen molar-refractivity contribution in [2.24, 2.45) is 5.92 Å². The highest BCUT2D eigenvalue weighted by molar-refractivity contribution is 5.78. The lowest BCUT2D eigenvalue weighted by molar-refractivity contribution is -0.125. The fourth-order valence-corrected chi connectivity index (χ4v) is 3.38. The van der Waals surface area contributed by atoms with Gasteiger partial charge in [0.1, 0.15) is 11.6 Å². The largest absolute Gasteiger partial charge is 0.403 e. The molecule has 3 aromatic rings. The van der Waals surface area contributed by atoms with Gasteiger partial charge in [-0.2, -0.15) is 0 Å².